The fourth-order valence-corrected chi connectivity index (χ4v) is 3.45. The summed E-state index contributed by atoms with van der Waals surface area (Å²) < 4.78 is 31.7. The van der Waals surface area contributed by atoms with Crippen LogP contribution in [-0.2, 0) is 17.8 Å². The molecule has 4 rings (SSSR count). The van der Waals surface area contributed by atoms with E-state index < -0.39 is 12.1 Å². The van der Waals surface area contributed by atoms with Gasteiger partial charge in [-0.15, -0.1) is 0 Å². The van der Waals surface area contributed by atoms with Crippen molar-refractivity contribution in [3.05, 3.63) is 83.2 Å². The molecule has 0 saturated carbocycles. The Bertz CT molecular complexity index is 1180. The number of alkyl halides is 3. The normalized spacial score (nSPS) is 12.6. The van der Waals surface area contributed by atoms with Crippen LogP contribution in [0.5, 0.6) is 0 Å². The number of halogens is 3. The summed E-state index contributed by atoms with van der Waals surface area (Å²) in [4.78, 5) is 28.2. The molecule has 0 unspecified atom stereocenters. The molecular formula is C24H22F3N3O3. The molecule has 0 spiro atoms. The molecule has 33 heavy (non-hydrogen) atoms. The Hall–Kier alpha value is -3.72. The van der Waals surface area contributed by atoms with Crippen molar-refractivity contribution in [2.24, 2.45) is 5.73 Å². The zero-order valence-corrected chi connectivity index (χ0v) is 17.8. The average Bonchev–Trinajstić information content (AvgIpc) is 3.21. The number of carbonyl (C=O) groups is 2. The van der Waals surface area contributed by atoms with E-state index in [0.717, 1.165) is 40.1 Å². The summed E-state index contributed by atoms with van der Waals surface area (Å²) in [5.74, 6) is -2.72. The van der Waals surface area contributed by atoms with Gasteiger partial charge in [-0.2, -0.15) is 13.2 Å². The van der Waals surface area contributed by atoms with Gasteiger partial charge in [0.05, 0.1) is 5.69 Å². The number of fused-ring (bicyclic) bond motifs is 1. The van der Waals surface area contributed by atoms with E-state index in [1.54, 1.807) is 0 Å². The summed E-state index contributed by atoms with van der Waals surface area (Å²) in [6.07, 6.45) is -2.35. The molecule has 0 fully saturated rings. The first-order valence-corrected chi connectivity index (χ1v) is 10.1. The van der Waals surface area contributed by atoms with E-state index in [-0.39, 0.29) is 5.91 Å². The standard InChI is InChI=1S/C22H21N3O.C2HF3O2/c1-15-10-21-20(14-24-15)8-9-25(21)22(26)19-7-3-6-18(12-19)17-5-2-4-16(11-17)13-23;3-2(4,5)1(6)7/h2-7,10-12,14H,8-9,13,23H2,1H3;(H,6,7). The molecule has 1 aliphatic rings. The summed E-state index contributed by atoms with van der Waals surface area (Å²) in [6.45, 7) is 3.16. The van der Waals surface area contributed by atoms with Gasteiger partial charge >= 0.3 is 12.1 Å². The summed E-state index contributed by atoms with van der Waals surface area (Å²) in [6, 6.07) is 17.9. The lowest BCUT2D eigenvalue weighted by molar-refractivity contribution is -0.192. The van der Waals surface area contributed by atoms with E-state index in [4.69, 9.17) is 15.6 Å². The van der Waals surface area contributed by atoms with Gasteiger partial charge in [0.2, 0.25) is 0 Å². The third-order valence-corrected chi connectivity index (χ3v) is 5.09. The summed E-state index contributed by atoms with van der Waals surface area (Å²) in [5, 5.41) is 7.12. The first-order chi connectivity index (χ1) is 15.6. The van der Waals surface area contributed by atoms with Crippen molar-refractivity contribution in [1.29, 1.82) is 0 Å². The molecule has 0 atom stereocenters. The number of nitrogens with two attached hydrogens (primary N) is 1. The molecule has 2 aromatic carbocycles. The first-order valence-electron chi connectivity index (χ1n) is 10.1. The SMILES string of the molecule is Cc1cc2c(cn1)CCN2C(=O)c1cccc(-c2cccc(CN)c2)c1.O=C(O)C(F)(F)F. The van der Waals surface area contributed by atoms with Gasteiger partial charge in [-0.05, 0) is 59.9 Å². The second kappa shape index (κ2) is 9.83. The number of hydrogen-bond donors (Lipinski definition) is 2. The van der Waals surface area contributed by atoms with Crippen molar-refractivity contribution >= 4 is 17.6 Å². The zero-order chi connectivity index (χ0) is 24.2. The Kier molecular flexibility index (Phi) is 7.13. The van der Waals surface area contributed by atoms with Crippen LogP contribution in [0.2, 0.25) is 0 Å². The number of anilines is 1. The van der Waals surface area contributed by atoms with Gasteiger partial charge in [0, 0.05) is 30.5 Å². The zero-order valence-electron chi connectivity index (χ0n) is 17.8. The molecular weight excluding hydrogens is 435 g/mol. The molecule has 0 aliphatic carbocycles. The van der Waals surface area contributed by atoms with Gasteiger partial charge < -0.3 is 15.7 Å². The maximum absolute atomic E-state index is 13.1. The van der Waals surface area contributed by atoms with Gasteiger partial charge in [-0.1, -0.05) is 30.3 Å². The fraction of sp³-hybridized carbons (Fsp3) is 0.208. The molecule has 0 bridgehead atoms. The van der Waals surface area contributed by atoms with Crippen LogP contribution >= 0.6 is 0 Å². The number of nitrogens with zero attached hydrogens (tertiary/aromatic N) is 2. The molecule has 1 aromatic heterocycles. The van der Waals surface area contributed by atoms with E-state index in [1.807, 2.05) is 66.6 Å². The number of pyridine rings is 1. The minimum atomic E-state index is -5.08. The lowest BCUT2D eigenvalue weighted by Crippen LogP contribution is -2.28. The van der Waals surface area contributed by atoms with Crippen molar-refractivity contribution < 1.29 is 27.9 Å². The lowest BCUT2D eigenvalue weighted by atomic mass is 10.0. The summed E-state index contributed by atoms with van der Waals surface area (Å²) >= 11 is 0. The van der Waals surface area contributed by atoms with Crippen LogP contribution in [0, 0.1) is 6.92 Å². The minimum absolute atomic E-state index is 0.0335. The number of hydrogen-bond acceptors (Lipinski definition) is 4. The molecule has 0 saturated heterocycles. The largest absolute Gasteiger partial charge is 0.490 e. The van der Waals surface area contributed by atoms with E-state index in [9.17, 15) is 18.0 Å². The van der Waals surface area contributed by atoms with Gasteiger partial charge in [-0.25, -0.2) is 4.79 Å². The Morgan fingerprint density at radius 2 is 1.73 bits per heavy atom. The monoisotopic (exact) mass is 457 g/mol. The highest BCUT2D eigenvalue weighted by Crippen LogP contribution is 2.30. The highest BCUT2D eigenvalue weighted by Gasteiger charge is 2.38. The number of amides is 1. The predicted octanol–water partition coefficient (Wildman–Crippen LogP) is 4.35. The van der Waals surface area contributed by atoms with Gasteiger partial charge in [0.15, 0.2) is 0 Å². The topological polar surface area (TPSA) is 96.5 Å². The van der Waals surface area contributed by atoms with Crippen LogP contribution in [0.15, 0.2) is 60.8 Å². The van der Waals surface area contributed by atoms with Crippen molar-refractivity contribution in [3.8, 4) is 11.1 Å². The summed E-state index contributed by atoms with van der Waals surface area (Å²) in [7, 11) is 0. The second-order valence-corrected chi connectivity index (χ2v) is 7.45. The average molecular weight is 457 g/mol. The summed E-state index contributed by atoms with van der Waals surface area (Å²) in [5.41, 5.74) is 12.7. The first kappa shape index (κ1) is 23.9. The van der Waals surface area contributed by atoms with Crippen LogP contribution in [-0.4, -0.2) is 34.7 Å². The van der Waals surface area contributed by atoms with Crippen molar-refractivity contribution in [2.45, 2.75) is 26.1 Å². The van der Waals surface area contributed by atoms with Crippen molar-refractivity contribution in [1.82, 2.24) is 4.98 Å². The molecule has 6 nitrogen and oxygen atoms in total. The van der Waals surface area contributed by atoms with E-state index in [1.165, 1.54) is 0 Å². The Balaban J connectivity index is 0.000000383. The van der Waals surface area contributed by atoms with Crippen molar-refractivity contribution in [3.63, 3.8) is 0 Å². The molecule has 172 valence electrons. The van der Waals surface area contributed by atoms with Crippen LogP contribution in [0.4, 0.5) is 18.9 Å². The Morgan fingerprint density at radius 3 is 2.36 bits per heavy atom. The van der Waals surface area contributed by atoms with E-state index in [2.05, 4.69) is 11.1 Å². The van der Waals surface area contributed by atoms with Crippen LogP contribution < -0.4 is 10.6 Å². The highest BCUT2D eigenvalue weighted by atomic mass is 19.4. The number of carboxylic acid groups (broad SMARTS) is 1. The number of carboxylic acids is 1. The third kappa shape index (κ3) is 5.75. The molecule has 1 amide bonds. The maximum Gasteiger partial charge on any atom is 0.490 e. The molecule has 3 aromatic rings. The highest BCUT2D eigenvalue weighted by molar-refractivity contribution is 6.07. The molecule has 0 radical (unpaired) electrons. The molecule has 2 heterocycles. The van der Waals surface area contributed by atoms with Crippen LogP contribution in [0.25, 0.3) is 11.1 Å². The third-order valence-electron chi connectivity index (χ3n) is 5.09. The predicted molar refractivity (Wildman–Crippen MR) is 118 cm³/mol. The number of benzene rings is 2. The Labute approximate surface area is 188 Å². The number of aromatic nitrogens is 1. The smallest absolute Gasteiger partial charge is 0.475 e. The van der Waals surface area contributed by atoms with Gasteiger partial charge in [-0.3, -0.25) is 9.78 Å². The van der Waals surface area contributed by atoms with E-state index in [0.29, 0.717) is 18.7 Å². The maximum atomic E-state index is 13.1. The fourth-order valence-electron chi connectivity index (χ4n) is 3.45. The second-order valence-electron chi connectivity index (χ2n) is 7.45. The Morgan fingerprint density at radius 1 is 1.09 bits per heavy atom. The number of aliphatic carboxylic acids is 1. The van der Waals surface area contributed by atoms with Crippen LogP contribution in [0.1, 0.15) is 27.2 Å². The minimum Gasteiger partial charge on any atom is -0.475 e. The number of rotatable bonds is 3. The number of carbonyl (C=O) groups excluding carboxylic acids is 1. The quantitative estimate of drug-likeness (QED) is 0.610. The van der Waals surface area contributed by atoms with Crippen LogP contribution in [0.3, 0.4) is 0 Å². The number of aryl methyl sites for hydroxylation is 1. The lowest BCUT2D eigenvalue weighted by Gasteiger charge is -2.18. The molecule has 9 heteroatoms. The van der Waals surface area contributed by atoms with Gasteiger partial charge in [0.25, 0.3) is 5.91 Å². The molecule has 3 N–H and O–H groups in total. The van der Waals surface area contributed by atoms with Gasteiger partial charge in [0.1, 0.15) is 0 Å². The molecule has 1 aliphatic heterocycles. The van der Waals surface area contributed by atoms with Crippen molar-refractivity contribution in [2.75, 3.05) is 11.4 Å². The van der Waals surface area contributed by atoms with E-state index >= 15 is 0 Å².